The number of rotatable bonds is 6. The van der Waals surface area contributed by atoms with E-state index < -0.39 is 29.3 Å². The molecule has 7 nitrogen and oxygen atoms in total. The van der Waals surface area contributed by atoms with Crippen LogP contribution in [0.5, 0.6) is 11.5 Å². The molecule has 1 unspecified atom stereocenters. The van der Waals surface area contributed by atoms with Gasteiger partial charge in [-0.15, -0.1) is 0 Å². The zero-order valence-electron chi connectivity index (χ0n) is 18.6. The summed E-state index contributed by atoms with van der Waals surface area (Å²) in [5.74, 6) is -2.57. The standard InChI is InChI=1S/C25H19Cl2FN2O5/c1-34-23-16(10-17(26)24(35-2)19(23)27)21(31)18-20(14-4-3-9-29-11-14)30(25(33)22(18)32)12-13-5-7-15(28)8-6-13/h3-11,20,31H,12H2,1-2H3/b21-18+. The second-order valence-electron chi connectivity index (χ2n) is 7.63. The number of aromatic nitrogens is 1. The molecule has 1 amide bonds. The Balaban J connectivity index is 1.92. The van der Waals surface area contributed by atoms with Gasteiger partial charge >= 0.3 is 0 Å². The largest absolute Gasteiger partial charge is 0.507 e. The van der Waals surface area contributed by atoms with Crippen molar-refractivity contribution in [3.8, 4) is 11.5 Å². The van der Waals surface area contributed by atoms with E-state index in [0.29, 0.717) is 11.1 Å². The van der Waals surface area contributed by atoms with E-state index in [2.05, 4.69) is 4.98 Å². The molecule has 0 aliphatic carbocycles. The van der Waals surface area contributed by atoms with Crippen LogP contribution in [0, 0.1) is 5.82 Å². The van der Waals surface area contributed by atoms with Crippen molar-refractivity contribution in [2.24, 2.45) is 0 Å². The van der Waals surface area contributed by atoms with Gasteiger partial charge in [0.2, 0.25) is 0 Å². The highest BCUT2D eigenvalue weighted by Gasteiger charge is 2.46. The van der Waals surface area contributed by atoms with Crippen LogP contribution >= 0.6 is 23.2 Å². The van der Waals surface area contributed by atoms with Crippen molar-refractivity contribution in [1.29, 1.82) is 0 Å². The van der Waals surface area contributed by atoms with Crippen LogP contribution in [-0.2, 0) is 16.1 Å². The number of halogens is 3. The lowest BCUT2D eigenvalue weighted by Gasteiger charge is -2.25. The summed E-state index contributed by atoms with van der Waals surface area (Å²) >= 11 is 12.6. The number of carbonyl (C=O) groups is 2. The number of ketones is 1. The highest BCUT2D eigenvalue weighted by atomic mass is 35.5. The van der Waals surface area contributed by atoms with E-state index in [1.165, 1.54) is 55.6 Å². The summed E-state index contributed by atoms with van der Waals surface area (Å²) in [6.07, 6.45) is 3.04. The number of aliphatic hydroxyl groups excluding tert-OH is 1. The third-order valence-corrected chi connectivity index (χ3v) is 6.23. The molecule has 1 fully saturated rings. The van der Waals surface area contributed by atoms with Crippen LogP contribution in [0.3, 0.4) is 0 Å². The van der Waals surface area contributed by atoms with E-state index in [-0.39, 0.29) is 39.2 Å². The highest BCUT2D eigenvalue weighted by molar-refractivity contribution is 6.47. The first-order valence-corrected chi connectivity index (χ1v) is 11.1. The lowest BCUT2D eigenvalue weighted by atomic mass is 9.95. The van der Waals surface area contributed by atoms with E-state index >= 15 is 0 Å². The smallest absolute Gasteiger partial charge is 0.295 e. The Bertz CT molecular complexity index is 1330. The van der Waals surface area contributed by atoms with E-state index in [0.717, 1.165) is 0 Å². The Hall–Kier alpha value is -3.62. The van der Waals surface area contributed by atoms with Gasteiger partial charge in [0.15, 0.2) is 11.5 Å². The number of aliphatic hydroxyl groups is 1. The van der Waals surface area contributed by atoms with E-state index in [9.17, 15) is 19.1 Å². The van der Waals surface area contributed by atoms with Crippen molar-refractivity contribution in [3.63, 3.8) is 0 Å². The third-order valence-electron chi connectivity index (χ3n) is 5.60. The second-order valence-corrected chi connectivity index (χ2v) is 8.41. The van der Waals surface area contributed by atoms with Crippen molar-refractivity contribution < 1.29 is 28.6 Å². The zero-order chi connectivity index (χ0) is 25.3. The molecule has 10 heteroatoms. The van der Waals surface area contributed by atoms with E-state index in [1.807, 2.05) is 0 Å². The summed E-state index contributed by atoms with van der Waals surface area (Å²) in [5, 5.41) is 11.4. The maximum atomic E-state index is 13.4. The van der Waals surface area contributed by atoms with Gasteiger partial charge in [0.05, 0.1) is 36.4 Å². The van der Waals surface area contributed by atoms with Crippen molar-refractivity contribution in [3.05, 3.63) is 93.0 Å². The van der Waals surface area contributed by atoms with Crippen LogP contribution in [0.25, 0.3) is 5.76 Å². The summed E-state index contributed by atoms with van der Waals surface area (Å²) < 4.78 is 24.0. The number of benzene rings is 2. The predicted molar refractivity (Wildman–Crippen MR) is 128 cm³/mol. The number of hydrogen-bond donors (Lipinski definition) is 1. The molecule has 1 atom stereocenters. The van der Waals surface area contributed by atoms with Crippen molar-refractivity contribution in [1.82, 2.24) is 9.88 Å². The lowest BCUT2D eigenvalue weighted by Crippen LogP contribution is -2.29. The molecule has 180 valence electrons. The fraction of sp³-hybridized carbons (Fsp3) is 0.160. The summed E-state index contributed by atoms with van der Waals surface area (Å²) in [4.78, 5) is 31.7. The monoisotopic (exact) mass is 516 g/mol. The van der Waals surface area contributed by atoms with E-state index in [4.69, 9.17) is 32.7 Å². The first kappa shape index (κ1) is 24.5. The Morgan fingerprint density at radius 3 is 2.40 bits per heavy atom. The third kappa shape index (κ3) is 4.42. The van der Waals surface area contributed by atoms with Gasteiger partial charge in [0, 0.05) is 18.9 Å². The van der Waals surface area contributed by atoms with Gasteiger partial charge < -0.3 is 19.5 Å². The fourth-order valence-corrected chi connectivity index (χ4v) is 4.69. The quantitative estimate of drug-likeness (QED) is 0.276. The number of carbonyl (C=O) groups excluding carboxylic acids is 2. The van der Waals surface area contributed by atoms with Crippen LogP contribution in [-0.4, -0.2) is 40.9 Å². The highest BCUT2D eigenvalue weighted by Crippen LogP contribution is 2.47. The number of nitrogens with zero attached hydrogens (tertiary/aromatic N) is 2. The van der Waals surface area contributed by atoms with Gasteiger partial charge in [-0.25, -0.2) is 4.39 Å². The summed E-state index contributed by atoms with van der Waals surface area (Å²) in [7, 11) is 2.70. The topological polar surface area (TPSA) is 89.0 Å². The molecule has 0 radical (unpaired) electrons. The molecule has 35 heavy (non-hydrogen) atoms. The molecule has 1 saturated heterocycles. The maximum absolute atomic E-state index is 13.4. The summed E-state index contributed by atoms with van der Waals surface area (Å²) in [5.41, 5.74) is 0.896. The number of hydrogen-bond acceptors (Lipinski definition) is 6. The number of likely N-dealkylation sites (tertiary alicyclic amines) is 1. The van der Waals surface area contributed by atoms with Crippen LogP contribution in [0.4, 0.5) is 4.39 Å². The van der Waals surface area contributed by atoms with Gasteiger partial charge in [0.1, 0.15) is 16.6 Å². The van der Waals surface area contributed by atoms with Gasteiger partial charge in [-0.2, -0.15) is 0 Å². The average molecular weight is 517 g/mol. The number of methoxy groups -OCH3 is 2. The molecule has 4 rings (SSSR count). The van der Waals surface area contributed by atoms with Crippen molar-refractivity contribution in [2.45, 2.75) is 12.6 Å². The normalized spacial score (nSPS) is 17.1. The first-order chi connectivity index (χ1) is 16.8. The minimum absolute atomic E-state index is 0.0111. The van der Waals surface area contributed by atoms with Crippen LogP contribution in [0.1, 0.15) is 22.7 Å². The first-order valence-electron chi connectivity index (χ1n) is 10.3. The average Bonchev–Trinajstić information content (AvgIpc) is 3.10. The van der Waals surface area contributed by atoms with Gasteiger partial charge in [-0.3, -0.25) is 14.6 Å². The van der Waals surface area contributed by atoms with Gasteiger partial charge in [-0.05, 0) is 35.4 Å². The zero-order valence-corrected chi connectivity index (χ0v) is 20.1. The van der Waals surface area contributed by atoms with Crippen molar-refractivity contribution >= 4 is 40.7 Å². The molecular formula is C25H19Cl2FN2O5. The molecule has 0 saturated carbocycles. The maximum Gasteiger partial charge on any atom is 0.295 e. The SMILES string of the molecule is COc1c(Cl)cc(/C(O)=C2\C(=O)C(=O)N(Cc3ccc(F)cc3)C2c2cccnc2)c(OC)c1Cl. The number of ether oxygens (including phenoxy) is 2. The molecular weight excluding hydrogens is 498 g/mol. The Labute approximate surface area is 210 Å². The van der Waals surface area contributed by atoms with Gasteiger partial charge in [0.25, 0.3) is 11.7 Å². The van der Waals surface area contributed by atoms with Crippen LogP contribution in [0.2, 0.25) is 10.0 Å². The summed E-state index contributed by atoms with van der Waals surface area (Å²) in [6.45, 7) is -0.0115. The lowest BCUT2D eigenvalue weighted by molar-refractivity contribution is -0.140. The molecule has 3 aromatic rings. The molecule has 0 bridgehead atoms. The molecule has 1 N–H and O–H groups in total. The minimum atomic E-state index is -0.988. The molecule has 0 spiro atoms. The van der Waals surface area contributed by atoms with Gasteiger partial charge in [-0.1, -0.05) is 41.4 Å². The minimum Gasteiger partial charge on any atom is -0.507 e. The number of Topliss-reactive ketones (excluding diaryl/α,β-unsaturated/α-hetero) is 1. The molecule has 1 aliphatic rings. The number of pyridine rings is 1. The predicted octanol–water partition coefficient (Wildman–Crippen LogP) is 5.17. The van der Waals surface area contributed by atoms with Crippen LogP contribution in [0.15, 0.2) is 60.4 Å². The Morgan fingerprint density at radius 1 is 1.11 bits per heavy atom. The molecule has 1 aromatic heterocycles. The number of amides is 1. The van der Waals surface area contributed by atoms with Crippen molar-refractivity contribution in [2.75, 3.05) is 14.2 Å². The fourth-order valence-electron chi connectivity index (χ4n) is 4.01. The molecule has 2 aromatic carbocycles. The molecule has 1 aliphatic heterocycles. The Morgan fingerprint density at radius 2 is 1.80 bits per heavy atom. The molecule has 2 heterocycles. The second kappa shape index (κ2) is 9.93. The van der Waals surface area contributed by atoms with Crippen LogP contribution < -0.4 is 9.47 Å². The Kier molecular flexibility index (Phi) is 6.95. The van der Waals surface area contributed by atoms with E-state index in [1.54, 1.807) is 18.3 Å². The summed E-state index contributed by atoms with van der Waals surface area (Å²) in [6, 6.07) is 9.23.